The Morgan fingerprint density at radius 1 is 1.38 bits per heavy atom. The van der Waals surface area contributed by atoms with Crippen LogP contribution in [0.5, 0.6) is 0 Å². The second-order valence-corrected chi connectivity index (χ2v) is 5.12. The van der Waals surface area contributed by atoms with Gasteiger partial charge in [-0.3, -0.25) is 0 Å². The average Bonchev–Trinajstić information content (AvgIpc) is 2.74. The molecule has 1 aliphatic carbocycles. The Labute approximate surface area is 98.5 Å². The fourth-order valence-electron chi connectivity index (χ4n) is 2.89. The maximum atomic E-state index is 10.4. The lowest BCUT2D eigenvalue weighted by Gasteiger charge is -2.22. The number of aryl methyl sites for hydroxylation is 1. The molecule has 88 valence electrons. The molecule has 0 bridgehead atoms. The molecule has 0 saturated heterocycles. The first-order chi connectivity index (χ1) is 7.72. The van der Waals surface area contributed by atoms with E-state index in [0.29, 0.717) is 11.8 Å². The van der Waals surface area contributed by atoms with Crippen LogP contribution >= 0.6 is 0 Å². The average molecular weight is 218 g/mol. The highest BCUT2D eigenvalue weighted by Crippen LogP contribution is 2.39. The van der Waals surface area contributed by atoms with E-state index >= 15 is 0 Å². The van der Waals surface area contributed by atoms with E-state index in [2.05, 4.69) is 38.1 Å². The molecule has 1 aromatic carbocycles. The highest BCUT2D eigenvalue weighted by Gasteiger charge is 2.30. The number of aliphatic hydroxyl groups is 1. The molecule has 1 heteroatoms. The van der Waals surface area contributed by atoms with Crippen molar-refractivity contribution < 1.29 is 5.11 Å². The van der Waals surface area contributed by atoms with E-state index in [1.165, 1.54) is 24.8 Å². The van der Waals surface area contributed by atoms with Gasteiger partial charge in [-0.05, 0) is 35.8 Å². The van der Waals surface area contributed by atoms with E-state index in [1.54, 1.807) is 0 Å². The highest BCUT2D eigenvalue weighted by atomic mass is 16.3. The molecule has 1 aliphatic rings. The summed E-state index contributed by atoms with van der Waals surface area (Å²) in [4.78, 5) is 0. The largest absolute Gasteiger partial charge is 0.388 e. The minimum absolute atomic E-state index is 0.260. The van der Waals surface area contributed by atoms with Gasteiger partial charge in [0.25, 0.3) is 0 Å². The predicted octanol–water partition coefficient (Wildman–Crippen LogP) is 3.72. The Balaban J connectivity index is 2.16. The smallest absolute Gasteiger partial charge is 0.0820 e. The number of aliphatic hydroxyl groups excluding tert-OH is 1. The van der Waals surface area contributed by atoms with Crippen molar-refractivity contribution in [3.63, 3.8) is 0 Å². The summed E-state index contributed by atoms with van der Waals surface area (Å²) in [6.45, 7) is 4.42. The van der Waals surface area contributed by atoms with Crippen LogP contribution in [0.1, 0.15) is 50.3 Å². The van der Waals surface area contributed by atoms with Crippen LogP contribution < -0.4 is 0 Å². The highest BCUT2D eigenvalue weighted by molar-refractivity contribution is 5.25. The van der Waals surface area contributed by atoms with Gasteiger partial charge in [0.05, 0.1) is 6.10 Å². The molecular weight excluding hydrogens is 196 g/mol. The quantitative estimate of drug-likeness (QED) is 0.819. The van der Waals surface area contributed by atoms with Gasteiger partial charge in [0.15, 0.2) is 0 Å². The zero-order valence-electron chi connectivity index (χ0n) is 10.3. The second kappa shape index (κ2) is 5.01. The Morgan fingerprint density at radius 3 is 2.81 bits per heavy atom. The van der Waals surface area contributed by atoms with E-state index in [0.717, 1.165) is 12.0 Å². The SMILES string of the molecule is CCc1cccc(C(O)C2CCCC2C)c1. The summed E-state index contributed by atoms with van der Waals surface area (Å²) in [7, 11) is 0. The van der Waals surface area contributed by atoms with Gasteiger partial charge in [-0.2, -0.15) is 0 Å². The van der Waals surface area contributed by atoms with Crippen LogP contribution in [0, 0.1) is 11.8 Å². The van der Waals surface area contributed by atoms with Crippen LogP contribution in [-0.4, -0.2) is 5.11 Å². The lowest BCUT2D eigenvalue weighted by molar-refractivity contribution is 0.0900. The first-order valence-corrected chi connectivity index (χ1v) is 6.49. The molecule has 3 unspecified atom stereocenters. The molecular formula is C15H22O. The molecule has 2 rings (SSSR count). The molecule has 1 nitrogen and oxygen atoms in total. The Morgan fingerprint density at radius 2 is 2.19 bits per heavy atom. The fourth-order valence-corrected chi connectivity index (χ4v) is 2.89. The molecule has 1 fully saturated rings. The lowest BCUT2D eigenvalue weighted by Crippen LogP contribution is -2.15. The van der Waals surface area contributed by atoms with Crippen molar-refractivity contribution in [3.05, 3.63) is 35.4 Å². The summed E-state index contributed by atoms with van der Waals surface area (Å²) in [6, 6.07) is 8.43. The van der Waals surface area contributed by atoms with E-state index in [9.17, 15) is 5.11 Å². The van der Waals surface area contributed by atoms with Gasteiger partial charge in [0.1, 0.15) is 0 Å². The van der Waals surface area contributed by atoms with Crippen LogP contribution in [0.25, 0.3) is 0 Å². The van der Waals surface area contributed by atoms with Gasteiger partial charge < -0.3 is 5.11 Å². The number of benzene rings is 1. The minimum Gasteiger partial charge on any atom is -0.388 e. The first-order valence-electron chi connectivity index (χ1n) is 6.49. The van der Waals surface area contributed by atoms with Gasteiger partial charge in [-0.25, -0.2) is 0 Å². The van der Waals surface area contributed by atoms with E-state index in [1.807, 2.05) is 0 Å². The van der Waals surface area contributed by atoms with Crippen molar-refractivity contribution in [3.8, 4) is 0 Å². The molecule has 1 saturated carbocycles. The van der Waals surface area contributed by atoms with Gasteiger partial charge in [-0.15, -0.1) is 0 Å². The van der Waals surface area contributed by atoms with E-state index in [4.69, 9.17) is 0 Å². The van der Waals surface area contributed by atoms with Gasteiger partial charge in [-0.1, -0.05) is 51.0 Å². The van der Waals surface area contributed by atoms with Crippen molar-refractivity contribution in [2.45, 2.75) is 45.6 Å². The molecule has 0 spiro atoms. The lowest BCUT2D eigenvalue weighted by atomic mass is 9.87. The van der Waals surface area contributed by atoms with E-state index in [-0.39, 0.29) is 6.10 Å². The molecule has 1 N–H and O–H groups in total. The minimum atomic E-state index is -0.260. The number of rotatable bonds is 3. The predicted molar refractivity (Wildman–Crippen MR) is 67.3 cm³/mol. The normalized spacial score (nSPS) is 26.9. The van der Waals surface area contributed by atoms with Crippen molar-refractivity contribution in [1.82, 2.24) is 0 Å². The van der Waals surface area contributed by atoms with Gasteiger partial charge in [0.2, 0.25) is 0 Å². The third kappa shape index (κ3) is 2.30. The van der Waals surface area contributed by atoms with Crippen LogP contribution in [0.3, 0.4) is 0 Å². The molecule has 0 aliphatic heterocycles. The van der Waals surface area contributed by atoms with Crippen LogP contribution in [0.2, 0.25) is 0 Å². The van der Waals surface area contributed by atoms with Crippen LogP contribution in [0.15, 0.2) is 24.3 Å². The topological polar surface area (TPSA) is 20.2 Å². The molecule has 0 radical (unpaired) electrons. The Hall–Kier alpha value is -0.820. The van der Waals surface area contributed by atoms with Crippen molar-refractivity contribution in [1.29, 1.82) is 0 Å². The van der Waals surface area contributed by atoms with Gasteiger partial charge in [0, 0.05) is 0 Å². The maximum absolute atomic E-state index is 10.4. The third-order valence-corrected chi connectivity index (χ3v) is 4.03. The third-order valence-electron chi connectivity index (χ3n) is 4.03. The number of hydrogen-bond donors (Lipinski definition) is 1. The van der Waals surface area contributed by atoms with Crippen LogP contribution in [-0.2, 0) is 6.42 Å². The molecule has 0 heterocycles. The molecule has 16 heavy (non-hydrogen) atoms. The standard InChI is InChI=1S/C15H22O/c1-3-12-7-5-8-13(10-12)15(16)14-9-4-6-11(14)2/h5,7-8,10-11,14-16H,3-4,6,9H2,1-2H3. The van der Waals surface area contributed by atoms with Gasteiger partial charge >= 0.3 is 0 Å². The second-order valence-electron chi connectivity index (χ2n) is 5.12. The van der Waals surface area contributed by atoms with Crippen molar-refractivity contribution in [2.75, 3.05) is 0 Å². The zero-order chi connectivity index (χ0) is 11.5. The summed E-state index contributed by atoms with van der Waals surface area (Å²) >= 11 is 0. The fraction of sp³-hybridized carbons (Fsp3) is 0.600. The summed E-state index contributed by atoms with van der Waals surface area (Å²) < 4.78 is 0. The van der Waals surface area contributed by atoms with Crippen molar-refractivity contribution in [2.24, 2.45) is 11.8 Å². The first kappa shape index (κ1) is 11.7. The number of hydrogen-bond acceptors (Lipinski definition) is 1. The summed E-state index contributed by atoms with van der Waals surface area (Å²) in [5.74, 6) is 1.13. The maximum Gasteiger partial charge on any atom is 0.0820 e. The molecule has 3 atom stereocenters. The van der Waals surface area contributed by atoms with Crippen molar-refractivity contribution >= 4 is 0 Å². The molecule has 0 amide bonds. The van der Waals surface area contributed by atoms with Crippen LogP contribution in [0.4, 0.5) is 0 Å². The monoisotopic (exact) mass is 218 g/mol. The molecule has 1 aromatic rings. The summed E-state index contributed by atoms with van der Waals surface area (Å²) in [6.07, 6.45) is 4.51. The summed E-state index contributed by atoms with van der Waals surface area (Å²) in [5, 5.41) is 10.4. The van der Waals surface area contributed by atoms with E-state index < -0.39 is 0 Å². The Kier molecular flexibility index (Phi) is 3.65. The zero-order valence-corrected chi connectivity index (χ0v) is 10.3. The molecule has 0 aromatic heterocycles. The Bertz CT molecular complexity index is 345. The summed E-state index contributed by atoms with van der Waals surface area (Å²) in [5.41, 5.74) is 2.43.